The number of amides is 1. The zero-order chi connectivity index (χ0) is 14.6. The minimum Gasteiger partial charge on any atom is -0.344 e. The molecule has 0 aliphatic carbocycles. The van der Waals surface area contributed by atoms with E-state index in [1.54, 1.807) is 6.07 Å². The maximum absolute atomic E-state index is 12.1. The van der Waals surface area contributed by atoms with Gasteiger partial charge in [0.1, 0.15) is 0 Å². The second-order valence-electron chi connectivity index (χ2n) is 4.95. The van der Waals surface area contributed by atoms with Crippen molar-refractivity contribution in [1.29, 1.82) is 0 Å². The van der Waals surface area contributed by atoms with E-state index in [9.17, 15) is 18.0 Å². The molecule has 1 aromatic carbocycles. The van der Waals surface area contributed by atoms with Crippen LogP contribution in [0.3, 0.4) is 0 Å². The standard InChI is InChI=1S/C14H17F3N2O/c15-14(16,17)13(20)19-9-10-2-1-3-12(8-10)11-4-6-18-7-5-11/h1-3,8,11,18H,4-7,9H2,(H,19,20). The molecule has 110 valence electrons. The summed E-state index contributed by atoms with van der Waals surface area (Å²) in [5, 5.41) is 5.17. The van der Waals surface area contributed by atoms with Crippen LogP contribution in [0.25, 0.3) is 0 Å². The van der Waals surface area contributed by atoms with Crippen molar-refractivity contribution in [3.63, 3.8) is 0 Å². The van der Waals surface area contributed by atoms with Gasteiger partial charge >= 0.3 is 12.1 Å². The van der Waals surface area contributed by atoms with Gasteiger partial charge in [0.15, 0.2) is 0 Å². The molecule has 20 heavy (non-hydrogen) atoms. The Morgan fingerprint density at radius 3 is 2.65 bits per heavy atom. The maximum atomic E-state index is 12.1. The van der Waals surface area contributed by atoms with Crippen LogP contribution < -0.4 is 10.6 Å². The van der Waals surface area contributed by atoms with E-state index in [0.717, 1.165) is 31.5 Å². The normalized spacial score (nSPS) is 16.9. The molecule has 1 heterocycles. The summed E-state index contributed by atoms with van der Waals surface area (Å²) in [5.41, 5.74) is 1.82. The SMILES string of the molecule is O=C(NCc1cccc(C2CCNCC2)c1)C(F)(F)F. The Balaban J connectivity index is 1.97. The molecule has 3 nitrogen and oxygen atoms in total. The molecule has 1 aromatic rings. The molecule has 1 aliphatic rings. The lowest BCUT2D eigenvalue weighted by atomic mass is 9.89. The fourth-order valence-electron chi connectivity index (χ4n) is 2.39. The summed E-state index contributed by atoms with van der Waals surface area (Å²) in [7, 11) is 0. The van der Waals surface area contributed by atoms with Gasteiger partial charge < -0.3 is 10.6 Å². The molecule has 0 radical (unpaired) electrons. The van der Waals surface area contributed by atoms with Crippen LogP contribution in [0.4, 0.5) is 13.2 Å². The van der Waals surface area contributed by atoms with Crippen molar-refractivity contribution in [1.82, 2.24) is 10.6 Å². The van der Waals surface area contributed by atoms with Gasteiger partial charge in [0.05, 0.1) is 0 Å². The first kappa shape index (κ1) is 14.8. The van der Waals surface area contributed by atoms with Crippen LogP contribution in [0.2, 0.25) is 0 Å². The quantitative estimate of drug-likeness (QED) is 0.895. The monoisotopic (exact) mass is 286 g/mol. The first-order valence-corrected chi connectivity index (χ1v) is 6.61. The van der Waals surface area contributed by atoms with E-state index >= 15 is 0 Å². The maximum Gasteiger partial charge on any atom is 0.471 e. The van der Waals surface area contributed by atoms with E-state index in [1.807, 2.05) is 23.5 Å². The van der Waals surface area contributed by atoms with E-state index in [4.69, 9.17) is 0 Å². The number of nitrogens with one attached hydrogen (secondary N) is 2. The van der Waals surface area contributed by atoms with Crippen molar-refractivity contribution in [3.05, 3.63) is 35.4 Å². The number of rotatable bonds is 3. The van der Waals surface area contributed by atoms with E-state index in [1.165, 1.54) is 0 Å². The van der Waals surface area contributed by atoms with Crippen molar-refractivity contribution < 1.29 is 18.0 Å². The van der Waals surface area contributed by atoms with E-state index in [0.29, 0.717) is 11.5 Å². The number of hydrogen-bond donors (Lipinski definition) is 2. The van der Waals surface area contributed by atoms with Gasteiger partial charge in [-0.15, -0.1) is 0 Å². The third kappa shape index (κ3) is 3.96. The van der Waals surface area contributed by atoms with Crippen LogP contribution in [0.1, 0.15) is 29.9 Å². The predicted molar refractivity (Wildman–Crippen MR) is 69.2 cm³/mol. The van der Waals surface area contributed by atoms with Gasteiger partial charge in [-0.25, -0.2) is 0 Å². The summed E-state index contributed by atoms with van der Waals surface area (Å²) >= 11 is 0. The smallest absolute Gasteiger partial charge is 0.344 e. The Labute approximate surface area is 115 Å². The average Bonchev–Trinajstić information content (AvgIpc) is 2.45. The lowest BCUT2D eigenvalue weighted by Crippen LogP contribution is -2.36. The number of piperidine rings is 1. The fraction of sp³-hybridized carbons (Fsp3) is 0.500. The molecular formula is C14H17F3N2O. The molecule has 0 aromatic heterocycles. The third-order valence-corrected chi connectivity index (χ3v) is 3.47. The zero-order valence-corrected chi connectivity index (χ0v) is 11.0. The molecule has 1 aliphatic heterocycles. The molecule has 0 saturated carbocycles. The number of carbonyl (C=O) groups excluding carboxylic acids is 1. The second kappa shape index (κ2) is 6.26. The lowest BCUT2D eigenvalue weighted by molar-refractivity contribution is -0.173. The first-order valence-electron chi connectivity index (χ1n) is 6.61. The number of alkyl halides is 3. The highest BCUT2D eigenvalue weighted by Crippen LogP contribution is 2.25. The van der Waals surface area contributed by atoms with Gasteiger partial charge in [-0.2, -0.15) is 13.2 Å². The topological polar surface area (TPSA) is 41.1 Å². The Hall–Kier alpha value is -1.56. The summed E-state index contributed by atoms with van der Waals surface area (Å²) < 4.78 is 36.3. The summed E-state index contributed by atoms with van der Waals surface area (Å²) in [6.45, 7) is 1.82. The van der Waals surface area contributed by atoms with Gasteiger partial charge in [-0.3, -0.25) is 4.79 Å². The Morgan fingerprint density at radius 1 is 1.30 bits per heavy atom. The second-order valence-corrected chi connectivity index (χ2v) is 4.95. The minimum atomic E-state index is -4.83. The highest BCUT2D eigenvalue weighted by Gasteiger charge is 2.38. The molecule has 6 heteroatoms. The van der Waals surface area contributed by atoms with Gasteiger partial charge in [0, 0.05) is 6.54 Å². The summed E-state index contributed by atoms with van der Waals surface area (Å²) in [5.74, 6) is -1.46. The van der Waals surface area contributed by atoms with Crippen LogP contribution in [-0.2, 0) is 11.3 Å². The van der Waals surface area contributed by atoms with Crippen LogP contribution in [0.15, 0.2) is 24.3 Å². The Kier molecular flexibility index (Phi) is 4.65. The number of hydrogen-bond acceptors (Lipinski definition) is 2. The Morgan fingerprint density at radius 2 is 2.00 bits per heavy atom. The molecule has 0 bridgehead atoms. The first-order chi connectivity index (χ1) is 9.47. The average molecular weight is 286 g/mol. The van der Waals surface area contributed by atoms with Crippen molar-refractivity contribution >= 4 is 5.91 Å². The van der Waals surface area contributed by atoms with Crippen molar-refractivity contribution in [2.45, 2.75) is 31.5 Å². The van der Waals surface area contributed by atoms with Crippen LogP contribution in [0.5, 0.6) is 0 Å². The lowest BCUT2D eigenvalue weighted by Gasteiger charge is -2.23. The highest BCUT2D eigenvalue weighted by atomic mass is 19.4. The van der Waals surface area contributed by atoms with Crippen molar-refractivity contribution in [2.24, 2.45) is 0 Å². The van der Waals surface area contributed by atoms with Gasteiger partial charge in [-0.1, -0.05) is 24.3 Å². The van der Waals surface area contributed by atoms with E-state index in [-0.39, 0.29) is 6.54 Å². The minimum absolute atomic E-state index is 0.100. The van der Waals surface area contributed by atoms with Crippen LogP contribution >= 0.6 is 0 Å². The molecule has 1 fully saturated rings. The largest absolute Gasteiger partial charge is 0.471 e. The summed E-state index contributed by atoms with van der Waals surface area (Å²) in [6, 6.07) is 7.42. The number of carbonyl (C=O) groups is 1. The van der Waals surface area contributed by atoms with E-state index in [2.05, 4.69) is 5.32 Å². The molecular weight excluding hydrogens is 269 g/mol. The van der Waals surface area contributed by atoms with Crippen LogP contribution in [0, 0.1) is 0 Å². The zero-order valence-electron chi connectivity index (χ0n) is 11.0. The number of benzene rings is 1. The Bertz CT molecular complexity index is 468. The van der Waals surface area contributed by atoms with E-state index < -0.39 is 12.1 Å². The number of halogens is 3. The highest BCUT2D eigenvalue weighted by molar-refractivity contribution is 5.81. The summed E-state index contributed by atoms with van der Waals surface area (Å²) in [4.78, 5) is 10.8. The van der Waals surface area contributed by atoms with Crippen molar-refractivity contribution in [2.75, 3.05) is 13.1 Å². The molecule has 0 unspecified atom stereocenters. The van der Waals surface area contributed by atoms with Gasteiger partial charge in [-0.05, 0) is 43.0 Å². The van der Waals surface area contributed by atoms with Gasteiger partial charge in [0.25, 0.3) is 0 Å². The molecule has 2 N–H and O–H groups in total. The summed E-state index contributed by atoms with van der Waals surface area (Å²) in [6.07, 6.45) is -2.77. The fourth-order valence-corrected chi connectivity index (χ4v) is 2.39. The predicted octanol–water partition coefficient (Wildman–Crippen LogP) is 2.33. The molecule has 2 rings (SSSR count). The molecule has 0 atom stereocenters. The van der Waals surface area contributed by atoms with Gasteiger partial charge in [0.2, 0.25) is 0 Å². The van der Waals surface area contributed by atoms with Crippen molar-refractivity contribution in [3.8, 4) is 0 Å². The molecule has 1 saturated heterocycles. The molecule has 0 spiro atoms. The third-order valence-electron chi connectivity index (χ3n) is 3.47. The van der Waals surface area contributed by atoms with Crippen LogP contribution in [-0.4, -0.2) is 25.2 Å². The molecule has 1 amide bonds.